The summed E-state index contributed by atoms with van der Waals surface area (Å²) >= 11 is 6.83. The average molecular weight is 1990 g/mol. The number of rotatable bonds is 44. The standard InChI is InChI=1S/C30H35NO2S.C29H33NO2S.C28H45N3O2S.C27H43N3O2S.6CH4/c1-6-22(2)21-30(5)29(23(3)24(4)34-30)33-20-10-19-31-28(32)18-15-25-13-16-27(17-14-25)26-11-8-7-9-12-26;1-5-22(2)21-29(4)27(20-23(3)33-29)32-19-9-18-30-28(31)17-14-24-12-15-26(16-13-24)25-10-7-6-8-11-25;1-6-22(2)21-28(5)27(23(3)24(4)34-28)33-20-10-14-29-26(32)13-19-30-17-11-25(12-18-30)31-15-8-7-9-16-31;1-5-22(2)21-27(4)25(20-23(3)33-27)32-19-9-13-28-26(31)12-18-29-16-10-24(11-17-29)30-14-7-6-8-15-30;;;;;;/h6-9,11-14,16-17,21H,1,4,10,15,18-20H2,2-3,5H3,(H,31,32);5-8,10-13,15-16,20-21H,1,3,9,14,17-19H2,2,4H3,(H,30,31);6,21,25H,1,4,7-20H2,2-3,5H3,(H,29,32);5,20-21,24H,1,3,6-19H2,2,4H3,(H,28,31);6*1H4/b4*22-21+;;;;;;. The highest BCUT2D eigenvalue weighted by atomic mass is 32.2. The topological polar surface area (TPSA) is 166 Å². The quantitative estimate of drug-likeness (QED) is 0.0244. The molecule has 8 heterocycles. The Labute approximate surface area is 866 Å². The van der Waals surface area contributed by atoms with E-state index in [2.05, 4.69) is 239 Å². The molecular formula is C120H180N8O8S4. The normalized spacial score (nSPS) is 21.0. The Morgan fingerprint density at radius 1 is 0.371 bits per heavy atom. The lowest BCUT2D eigenvalue weighted by molar-refractivity contribution is -0.122. The largest absolute Gasteiger partial charge is 0.496 e. The van der Waals surface area contributed by atoms with Crippen molar-refractivity contribution in [2.45, 2.75) is 273 Å². The maximum Gasteiger partial charge on any atom is 0.221 e. The van der Waals surface area contributed by atoms with Gasteiger partial charge in [0.05, 0.1) is 45.4 Å². The van der Waals surface area contributed by atoms with Gasteiger partial charge < -0.3 is 59.8 Å². The summed E-state index contributed by atoms with van der Waals surface area (Å²) in [6, 6.07) is 39.0. The number of nitrogens with zero attached hydrogens (tertiary/aromatic N) is 4. The average Bonchev–Trinajstić information content (AvgIpc) is 1.64. The van der Waals surface area contributed by atoms with Crippen LogP contribution >= 0.6 is 47.0 Å². The van der Waals surface area contributed by atoms with Gasteiger partial charge in [-0.1, -0.05) is 290 Å². The zero-order valence-corrected chi connectivity index (χ0v) is 85.8. The second-order valence-electron chi connectivity index (χ2n) is 37.1. The first-order chi connectivity index (χ1) is 64.4. The van der Waals surface area contributed by atoms with Gasteiger partial charge in [0.15, 0.2) is 0 Å². The minimum absolute atomic E-state index is 0. The smallest absolute Gasteiger partial charge is 0.221 e. The van der Waals surface area contributed by atoms with Crippen LogP contribution in [0.3, 0.4) is 0 Å². The summed E-state index contributed by atoms with van der Waals surface area (Å²) in [5.74, 6) is 4.19. The number of hydrogen-bond donors (Lipinski definition) is 4. The first-order valence-corrected chi connectivity index (χ1v) is 52.2. The molecule has 0 aromatic heterocycles. The Morgan fingerprint density at radius 3 is 0.950 bits per heavy atom. The molecular weight excluding hydrogens is 1810 g/mol. The second-order valence-corrected chi connectivity index (χ2v) is 43.3. The molecule has 772 valence electrons. The van der Waals surface area contributed by atoms with E-state index in [0.29, 0.717) is 78.3 Å². The van der Waals surface area contributed by atoms with Crippen LogP contribution < -0.4 is 21.3 Å². The maximum atomic E-state index is 12.3. The summed E-state index contributed by atoms with van der Waals surface area (Å²) in [7, 11) is 0. The Morgan fingerprint density at radius 2 is 0.650 bits per heavy atom. The third kappa shape index (κ3) is 41.0. The highest BCUT2D eigenvalue weighted by molar-refractivity contribution is 8.06. The number of nitrogens with one attached hydrogen (secondary N) is 4. The third-order valence-electron chi connectivity index (χ3n) is 25.9. The van der Waals surface area contributed by atoms with Gasteiger partial charge in [-0.25, -0.2) is 0 Å². The number of ether oxygens (including phenoxy) is 4. The van der Waals surface area contributed by atoms with Crippen LogP contribution in [0, 0.1) is 0 Å². The van der Waals surface area contributed by atoms with Gasteiger partial charge in [0.25, 0.3) is 0 Å². The Balaban J connectivity index is 0.000000473. The van der Waals surface area contributed by atoms with Crippen LogP contribution in [-0.4, -0.2) is 192 Å². The van der Waals surface area contributed by atoms with Crippen molar-refractivity contribution < 1.29 is 38.1 Å². The van der Waals surface area contributed by atoms with E-state index in [1.165, 1.54) is 124 Å². The van der Waals surface area contributed by atoms with Gasteiger partial charge in [0.2, 0.25) is 23.6 Å². The fourth-order valence-electron chi connectivity index (χ4n) is 18.1. The summed E-state index contributed by atoms with van der Waals surface area (Å²) in [5.41, 5.74) is 13.8. The molecule has 140 heavy (non-hydrogen) atoms. The van der Waals surface area contributed by atoms with Gasteiger partial charge in [-0.3, -0.25) is 19.2 Å². The van der Waals surface area contributed by atoms with Crippen molar-refractivity contribution in [3.05, 3.63) is 310 Å². The summed E-state index contributed by atoms with van der Waals surface area (Å²) in [6.45, 7) is 68.9. The molecule has 4 aromatic rings. The first kappa shape index (κ1) is 125. The fraction of sp³-hybridized carbons (Fsp3) is 0.500. The molecule has 0 aliphatic carbocycles. The minimum Gasteiger partial charge on any atom is -0.496 e. The van der Waals surface area contributed by atoms with E-state index in [4.69, 9.17) is 18.9 Å². The fourth-order valence-corrected chi connectivity index (χ4v) is 23.1. The second kappa shape index (κ2) is 64.6. The van der Waals surface area contributed by atoms with E-state index in [1.54, 1.807) is 47.0 Å². The van der Waals surface area contributed by atoms with Crippen LogP contribution in [0.2, 0.25) is 0 Å². The number of amides is 4. The highest BCUT2D eigenvalue weighted by Gasteiger charge is 2.41. The lowest BCUT2D eigenvalue weighted by Gasteiger charge is -2.40. The number of benzene rings is 4. The third-order valence-corrected chi connectivity index (χ3v) is 30.7. The molecule has 4 amide bonds. The Hall–Kier alpha value is -8.96. The number of likely N-dealkylation sites (tertiary alicyclic amines) is 4. The van der Waals surface area contributed by atoms with Crippen molar-refractivity contribution in [3.8, 4) is 22.3 Å². The zero-order valence-electron chi connectivity index (χ0n) is 82.5. The Kier molecular flexibility index (Phi) is 57.8. The van der Waals surface area contributed by atoms with Crippen molar-refractivity contribution >= 4 is 70.7 Å². The van der Waals surface area contributed by atoms with Crippen LogP contribution in [0.5, 0.6) is 0 Å². The van der Waals surface area contributed by atoms with Crippen LogP contribution in [0.1, 0.15) is 240 Å². The predicted octanol–water partition coefficient (Wildman–Crippen LogP) is 28.1. The van der Waals surface area contributed by atoms with E-state index in [0.717, 1.165) is 166 Å². The summed E-state index contributed by atoms with van der Waals surface area (Å²) in [6.07, 6.45) is 40.1. The molecule has 8 aliphatic heterocycles. The Bertz CT molecular complexity index is 4860. The molecule has 4 atom stereocenters. The van der Waals surface area contributed by atoms with Gasteiger partial charge in [0.1, 0.15) is 23.0 Å². The monoisotopic (exact) mass is 1990 g/mol. The van der Waals surface area contributed by atoms with Gasteiger partial charge in [-0.15, -0.1) is 47.0 Å². The first-order valence-electron chi connectivity index (χ1n) is 48.9. The number of carbonyl (C=O) groups excluding carboxylic acids is 4. The van der Waals surface area contributed by atoms with Crippen molar-refractivity contribution in [1.29, 1.82) is 0 Å². The van der Waals surface area contributed by atoms with Crippen LogP contribution in [0.15, 0.2) is 299 Å². The van der Waals surface area contributed by atoms with E-state index in [-0.39, 0.29) is 87.2 Å². The van der Waals surface area contributed by atoms with Crippen LogP contribution in [-0.2, 0) is 51.0 Å². The van der Waals surface area contributed by atoms with Gasteiger partial charge in [-0.2, -0.15) is 0 Å². The van der Waals surface area contributed by atoms with E-state index >= 15 is 0 Å². The molecule has 20 heteroatoms. The molecule has 12 rings (SSSR count). The molecule has 0 bridgehead atoms. The number of allylic oxidation sites excluding steroid dienone is 12. The van der Waals surface area contributed by atoms with E-state index in [9.17, 15) is 19.2 Å². The molecule has 16 nitrogen and oxygen atoms in total. The van der Waals surface area contributed by atoms with E-state index in [1.807, 2.05) is 93.6 Å². The van der Waals surface area contributed by atoms with Crippen molar-refractivity contribution in [2.75, 3.05) is 118 Å². The predicted molar refractivity (Wildman–Crippen MR) is 612 cm³/mol. The lowest BCUT2D eigenvalue weighted by Crippen LogP contribution is -2.47. The zero-order chi connectivity index (χ0) is 96.5. The number of aryl methyl sites for hydroxylation is 2. The molecule has 4 saturated heterocycles. The summed E-state index contributed by atoms with van der Waals surface area (Å²) in [4.78, 5) is 63.6. The van der Waals surface area contributed by atoms with Gasteiger partial charge in [-0.05, 0) is 257 Å². The molecule has 0 saturated carbocycles. The number of thioether (sulfide) groups is 4. The number of carbonyl (C=O) groups is 4. The lowest BCUT2D eigenvalue weighted by atomic mass is 10.00. The molecule has 4 N–H and O–H groups in total. The molecule has 0 spiro atoms. The molecule has 4 aromatic carbocycles. The van der Waals surface area contributed by atoms with Crippen molar-refractivity contribution in [1.82, 2.24) is 40.9 Å². The van der Waals surface area contributed by atoms with E-state index < -0.39 is 0 Å². The van der Waals surface area contributed by atoms with Crippen molar-refractivity contribution in [2.24, 2.45) is 0 Å². The van der Waals surface area contributed by atoms with Gasteiger partial charge >= 0.3 is 0 Å². The molecule has 4 unspecified atom stereocenters. The molecule has 0 radical (unpaired) electrons. The minimum atomic E-state index is -0.265. The molecule has 4 fully saturated rings. The molecule has 8 aliphatic rings. The maximum absolute atomic E-state index is 12.3. The SMILES string of the molecule is C.C.C.C.C.C.C=C/C(C)=C/C1(C)SC(=C)C(C)=C1OCCCNC(=O)CCN1CCC(N2CCCCC2)CC1.C=C/C(C)=C/C1(C)SC(=C)C(C)=C1OCCCNC(=O)CCc1ccc(-c2ccccc2)cc1.C=C/C(C)=C/C1(C)SC(=C)C=C1OCCCNC(=O)CCN1CCC(N2CCCCC2)CC1.C=C/C(C)=C/C1(C)SC(=C)C=C1OCCCNC(=O)CCc1ccc(-c2ccccc2)cc1. The summed E-state index contributed by atoms with van der Waals surface area (Å²) in [5, 5.41) is 12.1. The van der Waals surface area contributed by atoms with Crippen molar-refractivity contribution in [3.63, 3.8) is 0 Å². The van der Waals surface area contributed by atoms with Gasteiger partial charge in [0, 0.05) is 108 Å². The number of hydrogen-bond acceptors (Lipinski definition) is 16. The highest BCUT2D eigenvalue weighted by Crippen LogP contribution is 2.53. The number of piperidine rings is 4. The van der Waals surface area contributed by atoms with Crippen LogP contribution in [0.4, 0.5) is 0 Å². The summed E-state index contributed by atoms with van der Waals surface area (Å²) < 4.78 is 23.5. The van der Waals surface area contributed by atoms with Crippen LogP contribution in [0.25, 0.3) is 22.3 Å².